The van der Waals surface area contributed by atoms with Gasteiger partial charge < -0.3 is 4.90 Å². The maximum atomic E-state index is 2.49. The first-order chi connectivity index (χ1) is 7.83. The van der Waals surface area contributed by atoms with Crippen molar-refractivity contribution in [3.8, 4) is 0 Å². The van der Waals surface area contributed by atoms with Crippen molar-refractivity contribution in [1.82, 2.24) is 0 Å². The Balaban J connectivity index is 2.00. The summed E-state index contributed by atoms with van der Waals surface area (Å²) < 4.78 is 0. The van der Waals surface area contributed by atoms with Crippen LogP contribution in [0.25, 0.3) is 0 Å². The fourth-order valence-corrected chi connectivity index (χ4v) is 2.75. The van der Waals surface area contributed by atoms with Gasteiger partial charge in [0, 0.05) is 18.8 Å². The molecule has 0 saturated carbocycles. The number of anilines is 1. The minimum atomic E-state index is 0.765. The van der Waals surface area contributed by atoms with Crippen LogP contribution in [0.2, 0.25) is 0 Å². The van der Waals surface area contributed by atoms with Crippen LogP contribution < -0.4 is 4.90 Å². The third-order valence-electron chi connectivity index (χ3n) is 3.81. The van der Waals surface area contributed by atoms with Gasteiger partial charge in [-0.05, 0) is 30.9 Å². The van der Waals surface area contributed by atoms with Gasteiger partial charge in [0.1, 0.15) is 0 Å². The first kappa shape index (κ1) is 11.5. The zero-order chi connectivity index (χ0) is 11.4. The molecule has 16 heavy (non-hydrogen) atoms. The predicted molar refractivity (Wildman–Crippen MR) is 71.1 cm³/mol. The first-order valence-corrected chi connectivity index (χ1v) is 6.63. The summed E-state index contributed by atoms with van der Waals surface area (Å²) in [5.41, 5.74) is 2.98. The molecule has 1 heterocycles. The molecule has 1 aliphatic rings. The summed E-state index contributed by atoms with van der Waals surface area (Å²) in [7, 11) is 2.26. The van der Waals surface area contributed by atoms with Crippen LogP contribution in [0.4, 0.5) is 5.69 Å². The second kappa shape index (κ2) is 5.38. The normalized spacial score (nSPS) is 19.6. The van der Waals surface area contributed by atoms with E-state index in [1.54, 1.807) is 0 Å². The summed E-state index contributed by atoms with van der Waals surface area (Å²) in [5, 5.41) is 0. The van der Waals surface area contributed by atoms with E-state index in [0.717, 1.165) is 6.04 Å². The molecule has 1 aromatic carbocycles. The lowest BCUT2D eigenvalue weighted by Crippen LogP contribution is -2.35. The summed E-state index contributed by atoms with van der Waals surface area (Å²) in [4.78, 5) is 2.49. The van der Waals surface area contributed by atoms with Gasteiger partial charge in [-0.3, -0.25) is 0 Å². The Morgan fingerprint density at radius 2 is 2.06 bits per heavy atom. The van der Waals surface area contributed by atoms with E-state index in [4.69, 9.17) is 0 Å². The molecule has 1 aliphatic heterocycles. The molecule has 0 aliphatic carbocycles. The van der Waals surface area contributed by atoms with Crippen molar-refractivity contribution in [2.24, 2.45) is 0 Å². The maximum Gasteiger partial charge on any atom is 0.0398 e. The molecule has 0 radical (unpaired) electrons. The van der Waals surface area contributed by atoms with Crippen LogP contribution in [0.15, 0.2) is 24.3 Å². The highest BCUT2D eigenvalue weighted by molar-refractivity contribution is 5.55. The van der Waals surface area contributed by atoms with Gasteiger partial charge in [0.2, 0.25) is 0 Å². The summed E-state index contributed by atoms with van der Waals surface area (Å²) >= 11 is 0. The number of hydrogen-bond donors (Lipinski definition) is 0. The van der Waals surface area contributed by atoms with Crippen LogP contribution in [-0.2, 0) is 6.42 Å². The topological polar surface area (TPSA) is 3.24 Å². The van der Waals surface area contributed by atoms with Crippen molar-refractivity contribution < 1.29 is 0 Å². The number of fused-ring (bicyclic) bond motifs is 1. The minimum absolute atomic E-state index is 0.765. The highest BCUT2D eigenvalue weighted by atomic mass is 15.1. The van der Waals surface area contributed by atoms with Gasteiger partial charge in [-0.15, -0.1) is 0 Å². The Kier molecular flexibility index (Phi) is 3.87. The van der Waals surface area contributed by atoms with Crippen molar-refractivity contribution in [3.05, 3.63) is 29.8 Å². The average Bonchev–Trinajstić information content (AvgIpc) is 2.33. The number of hydrogen-bond acceptors (Lipinski definition) is 1. The Morgan fingerprint density at radius 3 is 2.88 bits per heavy atom. The van der Waals surface area contributed by atoms with Gasteiger partial charge in [0.25, 0.3) is 0 Å². The maximum absolute atomic E-state index is 2.49. The quantitative estimate of drug-likeness (QED) is 0.689. The molecular weight excluding hydrogens is 194 g/mol. The largest absolute Gasteiger partial charge is 0.371 e. The number of para-hydroxylation sites is 1. The molecule has 0 amide bonds. The number of aryl methyl sites for hydroxylation is 1. The van der Waals surface area contributed by atoms with E-state index in [0.29, 0.717) is 0 Å². The zero-order valence-corrected chi connectivity index (χ0v) is 10.6. The molecule has 0 N–H and O–H groups in total. The van der Waals surface area contributed by atoms with Crippen molar-refractivity contribution in [2.75, 3.05) is 11.9 Å². The molecule has 0 saturated heterocycles. The summed E-state index contributed by atoms with van der Waals surface area (Å²) in [5.74, 6) is 0. The van der Waals surface area contributed by atoms with Crippen LogP contribution in [-0.4, -0.2) is 13.1 Å². The molecule has 0 spiro atoms. The molecule has 1 unspecified atom stereocenters. The lowest BCUT2D eigenvalue weighted by Gasteiger charge is -2.36. The minimum Gasteiger partial charge on any atom is -0.371 e. The fourth-order valence-electron chi connectivity index (χ4n) is 2.75. The van der Waals surface area contributed by atoms with Crippen molar-refractivity contribution in [2.45, 2.75) is 51.5 Å². The van der Waals surface area contributed by atoms with Crippen molar-refractivity contribution >= 4 is 5.69 Å². The first-order valence-electron chi connectivity index (χ1n) is 6.63. The van der Waals surface area contributed by atoms with E-state index < -0.39 is 0 Å². The van der Waals surface area contributed by atoms with Crippen LogP contribution in [0.1, 0.15) is 44.6 Å². The Morgan fingerprint density at radius 1 is 1.25 bits per heavy atom. The number of benzene rings is 1. The third-order valence-corrected chi connectivity index (χ3v) is 3.81. The van der Waals surface area contributed by atoms with E-state index >= 15 is 0 Å². The van der Waals surface area contributed by atoms with Crippen LogP contribution in [0.5, 0.6) is 0 Å². The Bertz CT molecular complexity index is 332. The summed E-state index contributed by atoms with van der Waals surface area (Å²) in [6, 6.07) is 9.62. The SMILES string of the molecule is CCCCCC1CCc2ccccc2N1C. The highest BCUT2D eigenvalue weighted by Crippen LogP contribution is 2.30. The van der Waals surface area contributed by atoms with Crippen molar-refractivity contribution in [3.63, 3.8) is 0 Å². The fraction of sp³-hybridized carbons (Fsp3) is 0.600. The van der Waals surface area contributed by atoms with Gasteiger partial charge in [-0.2, -0.15) is 0 Å². The lowest BCUT2D eigenvalue weighted by molar-refractivity contribution is 0.493. The van der Waals surface area contributed by atoms with Crippen molar-refractivity contribution in [1.29, 1.82) is 0 Å². The van der Waals surface area contributed by atoms with E-state index in [1.165, 1.54) is 49.8 Å². The predicted octanol–water partition coefficient (Wildman–Crippen LogP) is 4.02. The second-order valence-electron chi connectivity index (χ2n) is 4.93. The van der Waals surface area contributed by atoms with Gasteiger partial charge >= 0.3 is 0 Å². The molecule has 0 fully saturated rings. The summed E-state index contributed by atoms with van der Waals surface area (Å²) in [6.45, 7) is 2.28. The van der Waals surface area contributed by atoms with Gasteiger partial charge in [0.15, 0.2) is 0 Å². The number of unbranched alkanes of at least 4 members (excludes halogenated alkanes) is 2. The molecule has 1 atom stereocenters. The molecule has 1 aromatic rings. The smallest absolute Gasteiger partial charge is 0.0398 e. The van der Waals surface area contributed by atoms with E-state index in [-0.39, 0.29) is 0 Å². The highest BCUT2D eigenvalue weighted by Gasteiger charge is 2.21. The zero-order valence-electron chi connectivity index (χ0n) is 10.6. The van der Waals surface area contributed by atoms with Crippen LogP contribution in [0.3, 0.4) is 0 Å². The van der Waals surface area contributed by atoms with E-state index in [2.05, 4.69) is 43.1 Å². The third kappa shape index (κ3) is 2.40. The average molecular weight is 217 g/mol. The lowest BCUT2D eigenvalue weighted by atomic mass is 9.93. The molecular formula is C15H23N. The van der Waals surface area contributed by atoms with Gasteiger partial charge in [-0.1, -0.05) is 44.4 Å². The molecule has 88 valence electrons. The molecule has 1 nitrogen and oxygen atoms in total. The molecule has 0 bridgehead atoms. The number of nitrogens with zero attached hydrogens (tertiary/aromatic N) is 1. The van der Waals surface area contributed by atoms with Gasteiger partial charge in [-0.25, -0.2) is 0 Å². The standard InChI is InChI=1S/C15H23N/c1-3-4-5-9-14-12-11-13-8-6-7-10-15(13)16(14)2/h6-8,10,14H,3-5,9,11-12H2,1-2H3. The second-order valence-corrected chi connectivity index (χ2v) is 4.93. The molecule has 0 aromatic heterocycles. The van der Waals surface area contributed by atoms with Crippen LogP contribution >= 0.6 is 0 Å². The Labute approximate surface area is 99.5 Å². The Hall–Kier alpha value is -0.980. The van der Waals surface area contributed by atoms with Crippen LogP contribution in [0, 0.1) is 0 Å². The van der Waals surface area contributed by atoms with E-state index in [9.17, 15) is 0 Å². The van der Waals surface area contributed by atoms with Gasteiger partial charge in [0.05, 0.1) is 0 Å². The van der Waals surface area contributed by atoms with E-state index in [1.807, 2.05) is 0 Å². The monoisotopic (exact) mass is 217 g/mol. The number of rotatable bonds is 4. The molecule has 2 rings (SSSR count). The molecule has 1 heteroatoms. The summed E-state index contributed by atoms with van der Waals surface area (Å²) in [6.07, 6.45) is 8.04.